The van der Waals surface area contributed by atoms with Crippen molar-refractivity contribution < 1.29 is 4.74 Å². The van der Waals surface area contributed by atoms with Gasteiger partial charge in [-0.1, -0.05) is 0 Å². The molecule has 0 spiro atoms. The number of hydrogen-bond acceptors (Lipinski definition) is 4. The molecule has 0 amide bonds. The fourth-order valence-electron chi connectivity index (χ4n) is 0.974. The molecule has 0 aromatic carbocycles. The fraction of sp³-hybridized carbons (Fsp3) is 0.625. The van der Waals surface area contributed by atoms with Crippen LogP contribution in [0.2, 0.25) is 0 Å². The van der Waals surface area contributed by atoms with E-state index in [0.717, 1.165) is 13.0 Å². The highest BCUT2D eigenvalue weighted by molar-refractivity contribution is 5.03. The number of rotatable bonds is 6. The average Bonchev–Trinajstić information content (AvgIpc) is 2.59. The lowest BCUT2D eigenvalue weighted by Crippen LogP contribution is -2.10. The topological polar surface area (TPSA) is 79.1 Å². The SMILES string of the molecule is NCCCn1cnc(OCCN)c1. The summed E-state index contributed by atoms with van der Waals surface area (Å²) in [5, 5.41) is 0. The molecule has 0 saturated carbocycles. The summed E-state index contributed by atoms with van der Waals surface area (Å²) in [5.41, 5.74) is 10.7. The molecule has 0 aliphatic carbocycles. The van der Waals surface area contributed by atoms with Gasteiger partial charge in [-0.2, -0.15) is 0 Å². The molecule has 1 aromatic heterocycles. The maximum Gasteiger partial charge on any atom is 0.231 e. The van der Waals surface area contributed by atoms with E-state index in [9.17, 15) is 0 Å². The molecule has 1 rings (SSSR count). The molecule has 0 bridgehead atoms. The minimum Gasteiger partial charge on any atom is -0.475 e. The van der Waals surface area contributed by atoms with Crippen LogP contribution in [0.3, 0.4) is 0 Å². The second kappa shape index (κ2) is 5.55. The van der Waals surface area contributed by atoms with E-state index in [1.807, 2.05) is 10.8 Å². The van der Waals surface area contributed by atoms with Crippen LogP contribution in [0.5, 0.6) is 5.88 Å². The lowest BCUT2D eigenvalue weighted by atomic mass is 10.4. The van der Waals surface area contributed by atoms with E-state index >= 15 is 0 Å². The number of nitrogens with zero attached hydrogens (tertiary/aromatic N) is 2. The second-order valence-electron chi connectivity index (χ2n) is 2.73. The van der Waals surface area contributed by atoms with Gasteiger partial charge in [-0.05, 0) is 13.0 Å². The Morgan fingerprint density at radius 2 is 2.23 bits per heavy atom. The highest BCUT2D eigenvalue weighted by Gasteiger charge is 1.97. The Balaban J connectivity index is 2.34. The van der Waals surface area contributed by atoms with Gasteiger partial charge in [-0.15, -0.1) is 0 Å². The molecule has 1 heterocycles. The van der Waals surface area contributed by atoms with Crippen LogP contribution < -0.4 is 16.2 Å². The smallest absolute Gasteiger partial charge is 0.231 e. The summed E-state index contributed by atoms with van der Waals surface area (Å²) >= 11 is 0. The molecule has 0 radical (unpaired) electrons. The van der Waals surface area contributed by atoms with Crippen molar-refractivity contribution >= 4 is 0 Å². The summed E-state index contributed by atoms with van der Waals surface area (Å²) in [7, 11) is 0. The Hall–Kier alpha value is -1.07. The number of hydrogen-bond donors (Lipinski definition) is 2. The Labute approximate surface area is 77.7 Å². The molecule has 0 atom stereocenters. The molecule has 5 heteroatoms. The number of aryl methyl sites for hydroxylation is 1. The van der Waals surface area contributed by atoms with Crippen LogP contribution in [-0.4, -0.2) is 29.2 Å². The molecule has 0 saturated heterocycles. The summed E-state index contributed by atoms with van der Waals surface area (Å²) in [6.07, 6.45) is 4.54. The van der Waals surface area contributed by atoms with Crippen molar-refractivity contribution in [2.24, 2.45) is 11.5 Å². The first-order valence-electron chi connectivity index (χ1n) is 4.41. The highest BCUT2D eigenvalue weighted by atomic mass is 16.5. The van der Waals surface area contributed by atoms with Crippen molar-refractivity contribution in [1.82, 2.24) is 9.55 Å². The minimum absolute atomic E-state index is 0.508. The zero-order chi connectivity index (χ0) is 9.52. The quantitative estimate of drug-likeness (QED) is 0.628. The predicted octanol–water partition coefficient (Wildman–Crippen LogP) is -0.431. The van der Waals surface area contributed by atoms with Crippen LogP contribution in [-0.2, 0) is 6.54 Å². The summed E-state index contributed by atoms with van der Waals surface area (Å²) in [4.78, 5) is 4.05. The number of aromatic nitrogens is 2. The summed E-state index contributed by atoms with van der Waals surface area (Å²) < 4.78 is 7.18. The molecule has 0 fully saturated rings. The third-order valence-electron chi connectivity index (χ3n) is 1.60. The summed E-state index contributed by atoms with van der Waals surface area (Å²) in [6, 6.07) is 0. The lowest BCUT2D eigenvalue weighted by molar-refractivity contribution is 0.316. The normalized spacial score (nSPS) is 10.3. The van der Waals surface area contributed by atoms with E-state index in [4.69, 9.17) is 16.2 Å². The maximum absolute atomic E-state index is 5.38. The monoisotopic (exact) mass is 184 g/mol. The van der Waals surface area contributed by atoms with E-state index in [1.165, 1.54) is 0 Å². The van der Waals surface area contributed by atoms with Gasteiger partial charge in [0.15, 0.2) is 0 Å². The van der Waals surface area contributed by atoms with Crippen molar-refractivity contribution in [3.8, 4) is 5.88 Å². The van der Waals surface area contributed by atoms with E-state index in [2.05, 4.69) is 4.98 Å². The molecular formula is C8H16N4O. The Morgan fingerprint density at radius 1 is 1.38 bits per heavy atom. The lowest BCUT2D eigenvalue weighted by Gasteiger charge is -1.99. The Morgan fingerprint density at radius 3 is 2.92 bits per heavy atom. The van der Waals surface area contributed by atoms with Crippen molar-refractivity contribution in [3.05, 3.63) is 12.5 Å². The molecule has 4 N–H and O–H groups in total. The van der Waals surface area contributed by atoms with Crippen LogP contribution in [0.25, 0.3) is 0 Å². The largest absolute Gasteiger partial charge is 0.475 e. The first-order chi connectivity index (χ1) is 6.36. The standard InChI is InChI=1S/C8H16N4O/c9-2-1-4-12-6-8(11-7-12)13-5-3-10/h6-7H,1-5,9-10H2. The molecule has 1 aromatic rings. The number of imidazole rings is 1. The summed E-state index contributed by atoms with van der Waals surface area (Å²) in [5.74, 6) is 0.627. The molecular weight excluding hydrogens is 168 g/mol. The Bertz CT molecular complexity index is 213. The first-order valence-corrected chi connectivity index (χ1v) is 4.41. The van der Waals surface area contributed by atoms with Crippen LogP contribution in [0.1, 0.15) is 6.42 Å². The third kappa shape index (κ3) is 3.43. The molecule has 5 nitrogen and oxygen atoms in total. The van der Waals surface area contributed by atoms with Crippen molar-refractivity contribution in [2.45, 2.75) is 13.0 Å². The van der Waals surface area contributed by atoms with Gasteiger partial charge in [-0.3, -0.25) is 0 Å². The van der Waals surface area contributed by atoms with Gasteiger partial charge in [0.25, 0.3) is 0 Å². The van der Waals surface area contributed by atoms with Gasteiger partial charge in [-0.25, -0.2) is 4.98 Å². The van der Waals surface area contributed by atoms with Gasteiger partial charge in [0.2, 0.25) is 5.88 Å². The van der Waals surface area contributed by atoms with Gasteiger partial charge < -0.3 is 20.8 Å². The maximum atomic E-state index is 5.38. The predicted molar refractivity (Wildman–Crippen MR) is 50.4 cm³/mol. The van der Waals surface area contributed by atoms with Gasteiger partial charge in [0, 0.05) is 13.1 Å². The molecule has 74 valence electrons. The van der Waals surface area contributed by atoms with Gasteiger partial charge in [0.05, 0.1) is 12.5 Å². The average molecular weight is 184 g/mol. The third-order valence-corrected chi connectivity index (χ3v) is 1.60. The van der Waals surface area contributed by atoms with E-state index in [0.29, 0.717) is 25.6 Å². The Kier molecular flexibility index (Phi) is 4.28. The van der Waals surface area contributed by atoms with Gasteiger partial charge >= 0.3 is 0 Å². The second-order valence-corrected chi connectivity index (χ2v) is 2.73. The van der Waals surface area contributed by atoms with Crippen molar-refractivity contribution in [3.63, 3.8) is 0 Å². The fourth-order valence-corrected chi connectivity index (χ4v) is 0.974. The summed E-state index contributed by atoms with van der Waals surface area (Å²) in [6.45, 7) is 2.59. The zero-order valence-electron chi connectivity index (χ0n) is 7.65. The van der Waals surface area contributed by atoms with E-state index in [-0.39, 0.29) is 0 Å². The number of nitrogens with two attached hydrogens (primary N) is 2. The van der Waals surface area contributed by atoms with Crippen molar-refractivity contribution in [2.75, 3.05) is 19.7 Å². The van der Waals surface area contributed by atoms with E-state index in [1.54, 1.807) is 6.33 Å². The van der Waals surface area contributed by atoms with E-state index < -0.39 is 0 Å². The highest BCUT2D eigenvalue weighted by Crippen LogP contribution is 2.05. The molecule has 0 aliphatic heterocycles. The van der Waals surface area contributed by atoms with Crippen LogP contribution in [0.15, 0.2) is 12.5 Å². The zero-order valence-corrected chi connectivity index (χ0v) is 7.65. The minimum atomic E-state index is 0.508. The van der Waals surface area contributed by atoms with Crippen LogP contribution >= 0.6 is 0 Å². The van der Waals surface area contributed by atoms with Crippen LogP contribution in [0.4, 0.5) is 0 Å². The van der Waals surface area contributed by atoms with Crippen molar-refractivity contribution in [1.29, 1.82) is 0 Å². The molecule has 0 unspecified atom stereocenters. The molecule has 0 aliphatic rings. The molecule has 13 heavy (non-hydrogen) atoms. The number of ether oxygens (including phenoxy) is 1. The van der Waals surface area contributed by atoms with Crippen LogP contribution in [0, 0.1) is 0 Å². The van der Waals surface area contributed by atoms with Gasteiger partial charge in [0.1, 0.15) is 6.61 Å². The first kappa shape index (κ1) is 10.0.